The molecule has 2 fully saturated rings. The average molecular weight is 428 g/mol. The molecule has 156 valence electrons. The van der Waals surface area contributed by atoms with Crippen LogP contribution in [-0.2, 0) is 20.4 Å². The van der Waals surface area contributed by atoms with Crippen molar-refractivity contribution in [2.45, 2.75) is 18.9 Å². The lowest BCUT2D eigenvalue weighted by Crippen LogP contribution is -2.40. The van der Waals surface area contributed by atoms with Gasteiger partial charge in [0.05, 0.1) is 11.4 Å². The number of hydrogen-bond acceptors (Lipinski definition) is 5. The fourth-order valence-corrected chi connectivity index (χ4v) is 5.13. The number of carbonyl (C=O) groups is 3. The van der Waals surface area contributed by atoms with Crippen LogP contribution in [-0.4, -0.2) is 38.6 Å². The van der Waals surface area contributed by atoms with E-state index in [0.717, 1.165) is 0 Å². The monoisotopic (exact) mass is 428 g/mol. The van der Waals surface area contributed by atoms with E-state index in [9.17, 15) is 22.8 Å². The van der Waals surface area contributed by atoms with Gasteiger partial charge in [-0.05, 0) is 55.3 Å². The molecule has 4 amide bonds. The highest BCUT2D eigenvalue weighted by molar-refractivity contribution is 7.93. The van der Waals surface area contributed by atoms with Crippen LogP contribution in [0.5, 0.6) is 0 Å². The summed E-state index contributed by atoms with van der Waals surface area (Å²) in [6.45, 7) is 2.02. The molecule has 30 heavy (non-hydrogen) atoms. The summed E-state index contributed by atoms with van der Waals surface area (Å²) in [7, 11) is -3.28. The molecule has 0 aliphatic carbocycles. The van der Waals surface area contributed by atoms with E-state index in [1.54, 1.807) is 55.5 Å². The summed E-state index contributed by atoms with van der Waals surface area (Å²) in [6, 6.07) is 12.4. The van der Waals surface area contributed by atoms with Crippen molar-refractivity contribution in [2.24, 2.45) is 0 Å². The van der Waals surface area contributed by atoms with Crippen molar-refractivity contribution in [1.82, 2.24) is 10.6 Å². The first-order chi connectivity index (χ1) is 14.2. The summed E-state index contributed by atoms with van der Waals surface area (Å²) in [4.78, 5) is 36.2. The number of anilines is 2. The molecular weight excluding hydrogens is 408 g/mol. The minimum Gasteiger partial charge on any atom is -0.322 e. The van der Waals surface area contributed by atoms with Crippen molar-refractivity contribution in [3.63, 3.8) is 0 Å². The Balaban J connectivity index is 1.51. The van der Waals surface area contributed by atoms with E-state index >= 15 is 0 Å². The number of imide groups is 1. The molecule has 2 aromatic rings. The largest absolute Gasteiger partial charge is 0.322 e. The lowest BCUT2D eigenvalue weighted by Gasteiger charge is -2.21. The first kappa shape index (κ1) is 19.9. The Bertz CT molecular complexity index is 1150. The molecule has 10 heteroatoms. The number of urea groups is 1. The van der Waals surface area contributed by atoms with Crippen LogP contribution in [0.4, 0.5) is 16.2 Å². The number of carbonyl (C=O) groups excluding carboxylic acids is 3. The van der Waals surface area contributed by atoms with E-state index in [1.165, 1.54) is 4.31 Å². The SMILES string of the molecule is CC1(c2cccc(NC(=O)c3ccc(N4CCCS4(=O)=O)cc3)c2)NC(=O)NC1=O. The quantitative estimate of drug-likeness (QED) is 0.637. The second-order valence-corrected chi connectivity index (χ2v) is 9.37. The standard InChI is InChI=1S/C20H20N4O5S/c1-20(18(26)22-19(27)23-20)14-4-2-5-15(12-14)21-17(25)13-6-8-16(9-7-13)24-10-3-11-30(24,28)29/h2,4-9,12H,3,10-11H2,1H3,(H,21,25)(H2,22,23,26,27). The molecule has 2 saturated heterocycles. The number of hydrogen-bond donors (Lipinski definition) is 3. The number of rotatable bonds is 4. The molecule has 0 spiro atoms. The number of nitrogens with one attached hydrogen (secondary N) is 3. The summed E-state index contributed by atoms with van der Waals surface area (Å²) in [5.74, 6) is -0.723. The Labute approximate surface area is 173 Å². The number of amides is 4. The Kier molecular flexibility index (Phi) is 4.73. The number of sulfonamides is 1. The summed E-state index contributed by atoms with van der Waals surface area (Å²) in [5.41, 5.74) is 0.652. The summed E-state index contributed by atoms with van der Waals surface area (Å²) < 4.78 is 25.4. The van der Waals surface area contributed by atoms with Gasteiger partial charge in [-0.2, -0.15) is 0 Å². The van der Waals surface area contributed by atoms with Gasteiger partial charge in [0.15, 0.2) is 0 Å². The smallest absolute Gasteiger partial charge is 0.322 e. The molecular formula is C20H20N4O5S. The number of benzene rings is 2. The van der Waals surface area contributed by atoms with Crippen LogP contribution in [0.3, 0.4) is 0 Å². The molecule has 3 N–H and O–H groups in total. The van der Waals surface area contributed by atoms with Crippen LogP contribution in [0.1, 0.15) is 29.3 Å². The van der Waals surface area contributed by atoms with Crippen molar-refractivity contribution >= 4 is 39.2 Å². The second-order valence-electron chi connectivity index (χ2n) is 7.36. The first-order valence-electron chi connectivity index (χ1n) is 9.35. The van der Waals surface area contributed by atoms with Crippen LogP contribution in [0, 0.1) is 0 Å². The van der Waals surface area contributed by atoms with E-state index in [4.69, 9.17) is 0 Å². The number of nitrogens with zero attached hydrogens (tertiary/aromatic N) is 1. The fraction of sp³-hybridized carbons (Fsp3) is 0.250. The molecule has 2 aliphatic rings. The molecule has 4 rings (SSSR count). The van der Waals surface area contributed by atoms with E-state index in [0.29, 0.717) is 35.5 Å². The van der Waals surface area contributed by atoms with Gasteiger partial charge in [-0.25, -0.2) is 13.2 Å². The van der Waals surface area contributed by atoms with Crippen molar-refractivity contribution < 1.29 is 22.8 Å². The van der Waals surface area contributed by atoms with Crippen molar-refractivity contribution in [2.75, 3.05) is 21.9 Å². The molecule has 2 aromatic carbocycles. The molecule has 1 unspecified atom stereocenters. The third kappa shape index (κ3) is 3.50. The van der Waals surface area contributed by atoms with Crippen LogP contribution in [0.2, 0.25) is 0 Å². The molecule has 1 atom stereocenters. The minimum atomic E-state index is -3.28. The predicted octanol–water partition coefficient (Wildman–Crippen LogP) is 1.53. The molecule has 2 heterocycles. The van der Waals surface area contributed by atoms with Gasteiger partial charge in [0, 0.05) is 17.8 Å². The van der Waals surface area contributed by atoms with E-state index in [1.807, 2.05) is 0 Å². The Morgan fingerprint density at radius 2 is 1.87 bits per heavy atom. The van der Waals surface area contributed by atoms with Gasteiger partial charge in [-0.1, -0.05) is 12.1 Å². The van der Waals surface area contributed by atoms with Crippen molar-refractivity contribution in [3.05, 3.63) is 59.7 Å². The van der Waals surface area contributed by atoms with Gasteiger partial charge in [-0.3, -0.25) is 19.2 Å². The summed E-state index contributed by atoms with van der Waals surface area (Å²) in [5, 5.41) is 7.54. The van der Waals surface area contributed by atoms with Crippen LogP contribution < -0.4 is 20.3 Å². The molecule has 0 saturated carbocycles. The van der Waals surface area contributed by atoms with Gasteiger partial charge in [0.1, 0.15) is 5.54 Å². The zero-order valence-corrected chi connectivity index (χ0v) is 17.0. The maximum Gasteiger partial charge on any atom is 0.322 e. The van der Waals surface area contributed by atoms with Gasteiger partial charge in [-0.15, -0.1) is 0 Å². The first-order valence-corrected chi connectivity index (χ1v) is 11.0. The van der Waals surface area contributed by atoms with Gasteiger partial charge >= 0.3 is 6.03 Å². The van der Waals surface area contributed by atoms with Gasteiger partial charge in [0.2, 0.25) is 10.0 Å². The lowest BCUT2D eigenvalue weighted by atomic mass is 9.92. The topological polar surface area (TPSA) is 125 Å². The van der Waals surface area contributed by atoms with Crippen molar-refractivity contribution in [3.8, 4) is 0 Å². The van der Waals surface area contributed by atoms with E-state index in [2.05, 4.69) is 16.0 Å². The highest BCUT2D eigenvalue weighted by Crippen LogP contribution is 2.27. The van der Waals surface area contributed by atoms with Crippen LogP contribution >= 0.6 is 0 Å². The third-order valence-electron chi connectivity index (χ3n) is 5.26. The summed E-state index contributed by atoms with van der Waals surface area (Å²) in [6.07, 6.45) is 0.582. The van der Waals surface area contributed by atoms with Crippen LogP contribution in [0.25, 0.3) is 0 Å². The normalized spacial score (nSPS) is 22.5. The zero-order valence-electron chi connectivity index (χ0n) is 16.1. The van der Waals surface area contributed by atoms with Crippen molar-refractivity contribution in [1.29, 1.82) is 0 Å². The fourth-order valence-electron chi connectivity index (χ4n) is 3.57. The Hall–Kier alpha value is -3.40. The average Bonchev–Trinajstić information content (AvgIpc) is 3.19. The Morgan fingerprint density at radius 3 is 2.47 bits per heavy atom. The van der Waals surface area contributed by atoms with Crippen LogP contribution in [0.15, 0.2) is 48.5 Å². The highest BCUT2D eigenvalue weighted by Gasteiger charge is 2.43. The summed E-state index contributed by atoms with van der Waals surface area (Å²) >= 11 is 0. The molecule has 0 radical (unpaired) electrons. The minimum absolute atomic E-state index is 0.128. The molecule has 0 aromatic heterocycles. The molecule has 2 aliphatic heterocycles. The van der Waals surface area contributed by atoms with Gasteiger partial charge in [0.25, 0.3) is 11.8 Å². The predicted molar refractivity (Wildman–Crippen MR) is 111 cm³/mol. The van der Waals surface area contributed by atoms with E-state index in [-0.39, 0.29) is 11.7 Å². The molecule has 0 bridgehead atoms. The maximum atomic E-state index is 12.6. The van der Waals surface area contributed by atoms with Gasteiger partial charge < -0.3 is 10.6 Å². The lowest BCUT2D eigenvalue weighted by molar-refractivity contribution is -0.123. The maximum absolute atomic E-state index is 12.6. The zero-order chi connectivity index (χ0) is 21.5. The second kappa shape index (κ2) is 7.13. The third-order valence-corrected chi connectivity index (χ3v) is 7.13. The molecule has 9 nitrogen and oxygen atoms in total. The Morgan fingerprint density at radius 1 is 1.13 bits per heavy atom. The highest BCUT2D eigenvalue weighted by atomic mass is 32.2. The van der Waals surface area contributed by atoms with E-state index < -0.39 is 27.5 Å².